The third-order valence-electron chi connectivity index (χ3n) is 3.54. The molecular formula is C16H22N2O3. The van der Waals surface area contributed by atoms with E-state index in [4.69, 9.17) is 4.42 Å². The van der Waals surface area contributed by atoms with Gasteiger partial charge in [0, 0.05) is 20.0 Å². The lowest BCUT2D eigenvalue weighted by Crippen LogP contribution is -2.25. The van der Waals surface area contributed by atoms with Crippen molar-refractivity contribution in [1.29, 1.82) is 0 Å². The molecule has 0 radical (unpaired) electrons. The molecule has 0 spiro atoms. The van der Waals surface area contributed by atoms with Crippen LogP contribution in [0.4, 0.5) is 0 Å². The van der Waals surface area contributed by atoms with Gasteiger partial charge in [-0.1, -0.05) is 19.9 Å². The number of rotatable bonds is 6. The van der Waals surface area contributed by atoms with Gasteiger partial charge in [0.05, 0.1) is 5.52 Å². The second-order valence-corrected chi connectivity index (χ2v) is 5.76. The first kappa shape index (κ1) is 15.4. The maximum absolute atomic E-state index is 11.7. The van der Waals surface area contributed by atoms with Crippen molar-refractivity contribution in [1.82, 2.24) is 9.88 Å². The van der Waals surface area contributed by atoms with Crippen LogP contribution in [0.5, 0.6) is 0 Å². The van der Waals surface area contributed by atoms with Gasteiger partial charge in [-0.3, -0.25) is 9.36 Å². The van der Waals surface area contributed by atoms with Gasteiger partial charge >= 0.3 is 5.76 Å². The van der Waals surface area contributed by atoms with Crippen molar-refractivity contribution in [3.8, 4) is 0 Å². The quantitative estimate of drug-likeness (QED) is 0.887. The molecule has 1 aromatic carbocycles. The van der Waals surface area contributed by atoms with Crippen LogP contribution in [-0.4, -0.2) is 17.0 Å². The molecule has 0 fully saturated rings. The van der Waals surface area contributed by atoms with E-state index >= 15 is 0 Å². The first-order valence-electron chi connectivity index (χ1n) is 7.32. The third-order valence-corrected chi connectivity index (χ3v) is 3.54. The minimum atomic E-state index is -0.367. The number of fused-ring (bicyclic) bond motifs is 1. The molecule has 2 rings (SSSR count). The van der Waals surface area contributed by atoms with Gasteiger partial charge in [-0.25, -0.2) is 4.79 Å². The van der Waals surface area contributed by atoms with E-state index in [9.17, 15) is 9.59 Å². The minimum Gasteiger partial charge on any atom is -0.408 e. The van der Waals surface area contributed by atoms with Crippen LogP contribution in [0, 0.1) is 5.92 Å². The van der Waals surface area contributed by atoms with E-state index in [1.165, 1.54) is 4.57 Å². The van der Waals surface area contributed by atoms with Crippen molar-refractivity contribution in [3.05, 3.63) is 34.3 Å². The number of benzene rings is 1. The molecule has 0 unspecified atom stereocenters. The summed E-state index contributed by atoms with van der Waals surface area (Å²) in [4.78, 5) is 23.2. The van der Waals surface area contributed by atoms with Crippen LogP contribution < -0.4 is 11.1 Å². The number of nitrogens with zero attached hydrogens (tertiary/aromatic N) is 1. The van der Waals surface area contributed by atoms with Crippen molar-refractivity contribution >= 4 is 17.0 Å². The summed E-state index contributed by atoms with van der Waals surface area (Å²) in [5, 5.41) is 2.92. The van der Waals surface area contributed by atoms with Crippen LogP contribution in [0.25, 0.3) is 11.1 Å². The Labute approximate surface area is 123 Å². The summed E-state index contributed by atoms with van der Waals surface area (Å²) in [6, 6.07) is 5.58. The molecule has 1 N–H and O–H groups in total. The zero-order chi connectivity index (χ0) is 15.4. The number of nitrogens with one attached hydrogen (secondary N) is 1. The molecule has 0 bridgehead atoms. The summed E-state index contributed by atoms with van der Waals surface area (Å²) in [7, 11) is 1.68. The fourth-order valence-electron chi connectivity index (χ4n) is 2.17. The van der Waals surface area contributed by atoms with Crippen molar-refractivity contribution < 1.29 is 9.21 Å². The van der Waals surface area contributed by atoms with E-state index in [0.29, 0.717) is 24.3 Å². The van der Waals surface area contributed by atoms with Gasteiger partial charge < -0.3 is 9.73 Å². The second-order valence-electron chi connectivity index (χ2n) is 5.76. The van der Waals surface area contributed by atoms with Crippen LogP contribution in [0.15, 0.2) is 27.4 Å². The highest BCUT2D eigenvalue weighted by Gasteiger charge is 2.08. The molecule has 5 heteroatoms. The number of aryl methyl sites for hydroxylation is 2. The molecule has 1 heterocycles. The number of aromatic nitrogens is 1. The van der Waals surface area contributed by atoms with Crippen molar-refractivity contribution in [2.24, 2.45) is 13.0 Å². The number of carbonyl (C=O) groups is 1. The van der Waals surface area contributed by atoms with E-state index in [-0.39, 0.29) is 11.7 Å². The Morgan fingerprint density at radius 2 is 2.14 bits per heavy atom. The largest absolute Gasteiger partial charge is 0.419 e. The van der Waals surface area contributed by atoms with Gasteiger partial charge in [-0.2, -0.15) is 0 Å². The maximum atomic E-state index is 11.7. The normalized spacial score (nSPS) is 11.2. The summed E-state index contributed by atoms with van der Waals surface area (Å²) < 4.78 is 6.56. The monoisotopic (exact) mass is 290 g/mol. The Morgan fingerprint density at radius 1 is 1.38 bits per heavy atom. The standard InChI is InChI=1S/C16H22N2O3/c1-11(2)8-9-17-15(19)7-5-12-4-6-14-13(10-12)18(3)16(20)21-14/h4,6,10-11H,5,7-9H2,1-3H3,(H,17,19). The molecule has 114 valence electrons. The number of oxazole rings is 1. The SMILES string of the molecule is CC(C)CCNC(=O)CCc1ccc2oc(=O)n(C)c2c1. The predicted octanol–water partition coefficient (Wildman–Crippen LogP) is 2.23. The van der Waals surface area contributed by atoms with E-state index in [0.717, 1.165) is 24.0 Å². The van der Waals surface area contributed by atoms with Crippen molar-refractivity contribution in [3.63, 3.8) is 0 Å². The molecular weight excluding hydrogens is 268 g/mol. The van der Waals surface area contributed by atoms with Crippen LogP contribution in [0.3, 0.4) is 0 Å². The van der Waals surface area contributed by atoms with E-state index in [1.807, 2.05) is 12.1 Å². The highest BCUT2D eigenvalue weighted by Crippen LogP contribution is 2.15. The summed E-state index contributed by atoms with van der Waals surface area (Å²) in [5.74, 6) is 0.292. The topological polar surface area (TPSA) is 64.2 Å². The van der Waals surface area contributed by atoms with Gasteiger partial charge in [-0.15, -0.1) is 0 Å². The Bertz CT molecular complexity index is 682. The van der Waals surface area contributed by atoms with Gasteiger partial charge in [0.15, 0.2) is 5.58 Å². The lowest BCUT2D eigenvalue weighted by Gasteiger charge is -2.07. The highest BCUT2D eigenvalue weighted by atomic mass is 16.4. The van der Waals surface area contributed by atoms with Crippen molar-refractivity contribution in [2.45, 2.75) is 33.1 Å². The van der Waals surface area contributed by atoms with Crippen LogP contribution in [-0.2, 0) is 18.3 Å². The Kier molecular flexibility index (Phi) is 4.83. The molecule has 0 aliphatic carbocycles. The van der Waals surface area contributed by atoms with Gasteiger partial charge in [0.25, 0.3) is 0 Å². The zero-order valence-corrected chi connectivity index (χ0v) is 12.8. The fourth-order valence-corrected chi connectivity index (χ4v) is 2.17. The van der Waals surface area contributed by atoms with E-state index < -0.39 is 0 Å². The third kappa shape index (κ3) is 3.97. The molecule has 1 aromatic heterocycles. The van der Waals surface area contributed by atoms with E-state index in [2.05, 4.69) is 19.2 Å². The first-order valence-corrected chi connectivity index (χ1v) is 7.32. The fraction of sp³-hybridized carbons (Fsp3) is 0.500. The molecule has 1 amide bonds. The number of amides is 1. The molecule has 0 atom stereocenters. The lowest BCUT2D eigenvalue weighted by molar-refractivity contribution is -0.121. The number of hydrogen-bond donors (Lipinski definition) is 1. The zero-order valence-electron chi connectivity index (χ0n) is 12.8. The summed E-state index contributed by atoms with van der Waals surface area (Å²) >= 11 is 0. The molecule has 5 nitrogen and oxygen atoms in total. The minimum absolute atomic E-state index is 0.0665. The van der Waals surface area contributed by atoms with E-state index in [1.54, 1.807) is 13.1 Å². The molecule has 0 saturated heterocycles. The number of carbonyl (C=O) groups excluding carboxylic acids is 1. The maximum Gasteiger partial charge on any atom is 0.419 e. The van der Waals surface area contributed by atoms with Crippen LogP contribution in [0.2, 0.25) is 0 Å². The summed E-state index contributed by atoms with van der Waals surface area (Å²) in [6.45, 7) is 5.00. The number of hydrogen-bond acceptors (Lipinski definition) is 3. The average Bonchev–Trinajstić information content (AvgIpc) is 2.71. The smallest absolute Gasteiger partial charge is 0.408 e. The van der Waals surface area contributed by atoms with Crippen LogP contribution in [0.1, 0.15) is 32.3 Å². The molecule has 0 aliphatic rings. The molecule has 21 heavy (non-hydrogen) atoms. The molecule has 0 saturated carbocycles. The Balaban J connectivity index is 1.93. The average molecular weight is 290 g/mol. The lowest BCUT2D eigenvalue weighted by atomic mass is 10.1. The second kappa shape index (κ2) is 6.61. The van der Waals surface area contributed by atoms with Gasteiger partial charge in [0.1, 0.15) is 0 Å². The Hall–Kier alpha value is -2.04. The van der Waals surface area contributed by atoms with Gasteiger partial charge in [-0.05, 0) is 36.5 Å². The van der Waals surface area contributed by atoms with Crippen molar-refractivity contribution in [2.75, 3.05) is 6.54 Å². The first-order chi connectivity index (χ1) is 9.97. The molecule has 2 aromatic rings. The molecule has 0 aliphatic heterocycles. The summed E-state index contributed by atoms with van der Waals surface area (Å²) in [5.41, 5.74) is 2.36. The highest BCUT2D eigenvalue weighted by molar-refractivity contribution is 5.77. The van der Waals surface area contributed by atoms with Gasteiger partial charge in [0.2, 0.25) is 5.91 Å². The Morgan fingerprint density at radius 3 is 2.86 bits per heavy atom. The predicted molar refractivity (Wildman–Crippen MR) is 82.2 cm³/mol. The van der Waals surface area contributed by atoms with Crippen LogP contribution >= 0.6 is 0 Å². The summed E-state index contributed by atoms with van der Waals surface area (Å²) in [6.07, 6.45) is 2.10.